The van der Waals surface area contributed by atoms with Gasteiger partial charge in [0, 0.05) is 32.7 Å². The van der Waals surface area contributed by atoms with Gasteiger partial charge in [-0.2, -0.15) is 0 Å². The SMILES string of the molecule is COC[C@H]1O[C@H](c2nc3nc(CNCCN4CCCCC4)nc(NCC(c4ccccc4)c4ccccc4)c3[nH]2)[C@H](O)[C@@H]1O. The van der Waals surface area contributed by atoms with Gasteiger partial charge in [-0.3, -0.25) is 0 Å². The second-order valence-electron chi connectivity index (χ2n) is 11.7. The molecule has 2 aromatic carbocycles. The molecule has 4 aromatic rings. The third-order valence-corrected chi connectivity index (χ3v) is 8.59. The summed E-state index contributed by atoms with van der Waals surface area (Å²) in [5, 5.41) is 28.4. The van der Waals surface area contributed by atoms with E-state index in [0.717, 1.165) is 26.2 Å². The molecular weight excluding hydrogens is 558 g/mol. The highest BCUT2D eigenvalue weighted by Crippen LogP contribution is 2.34. The molecule has 4 atom stereocenters. The Bertz CT molecular complexity index is 1430. The molecule has 0 amide bonds. The van der Waals surface area contributed by atoms with E-state index in [1.54, 1.807) is 0 Å². The van der Waals surface area contributed by atoms with Crippen molar-refractivity contribution in [1.82, 2.24) is 30.2 Å². The number of nitrogens with one attached hydrogen (secondary N) is 3. The van der Waals surface area contributed by atoms with Crippen molar-refractivity contribution in [2.24, 2.45) is 0 Å². The number of aromatic nitrogens is 4. The normalized spacial score (nSPS) is 22.6. The molecule has 0 radical (unpaired) electrons. The van der Waals surface area contributed by atoms with Crippen LogP contribution in [0.15, 0.2) is 60.7 Å². The Balaban J connectivity index is 1.26. The van der Waals surface area contributed by atoms with Gasteiger partial charge in [0.15, 0.2) is 11.5 Å². The van der Waals surface area contributed by atoms with E-state index in [2.05, 4.69) is 69.0 Å². The summed E-state index contributed by atoms with van der Waals surface area (Å²) in [4.78, 5) is 20.2. The maximum Gasteiger partial charge on any atom is 0.183 e. The fourth-order valence-corrected chi connectivity index (χ4v) is 6.20. The lowest BCUT2D eigenvalue weighted by molar-refractivity contribution is -0.0357. The number of likely N-dealkylation sites (tertiary alicyclic amines) is 1. The largest absolute Gasteiger partial charge is 0.387 e. The molecule has 2 fully saturated rings. The molecule has 0 unspecified atom stereocenters. The number of piperidine rings is 1. The number of fused-ring (bicyclic) bond motifs is 1. The molecule has 2 aromatic heterocycles. The van der Waals surface area contributed by atoms with E-state index in [9.17, 15) is 10.2 Å². The smallest absolute Gasteiger partial charge is 0.183 e. The van der Waals surface area contributed by atoms with Crippen molar-refractivity contribution in [3.05, 3.63) is 83.4 Å². The minimum absolute atomic E-state index is 0.0841. The molecular formula is C33H43N7O4. The summed E-state index contributed by atoms with van der Waals surface area (Å²) in [6, 6.07) is 20.8. The quantitative estimate of drug-likeness (QED) is 0.145. The molecule has 4 heterocycles. The number of ether oxygens (including phenoxy) is 2. The number of methoxy groups -OCH3 is 1. The highest BCUT2D eigenvalue weighted by Gasteiger charge is 2.45. The molecule has 2 aliphatic heterocycles. The number of H-pyrrole nitrogens is 1. The van der Waals surface area contributed by atoms with Gasteiger partial charge in [-0.25, -0.2) is 15.0 Å². The summed E-state index contributed by atoms with van der Waals surface area (Å²) < 4.78 is 11.1. The van der Waals surface area contributed by atoms with Crippen LogP contribution in [0.5, 0.6) is 0 Å². The predicted octanol–water partition coefficient (Wildman–Crippen LogP) is 2.98. The molecule has 0 spiro atoms. The zero-order valence-corrected chi connectivity index (χ0v) is 25.2. The third-order valence-electron chi connectivity index (χ3n) is 8.59. The maximum atomic E-state index is 10.8. The van der Waals surface area contributed by atoms with E-state index in [0.29, 0.717) is 41.7 Å². The van der Waals surface area contributed by atoms with Crippen LogP contribution < -0.4 is 10.6 Å². The summed E-state index contributed by atoms with van der Waals surface area (Å²) in [5.41, 5.74) is 3.49. The maximum absolute atomic E-state index is 10.8. The Morgan fingerprint density at radius 1 is 0.955 bits per heavy atom. The van der Waals surface area contributed by atoms with Gasteiger partial charge < -0.3 is 40.2 Å². The topological polar surface area (TPSA) is 141 Å². The van der Waals surface area contributed by atoms with Crippen LogP contribution in [0.25, 0.3) is 11.2 Å². The van der Waals surface area contributed by atoms with Gasteiger partial charge in [-0.1, -0.05) is 67.1 Å². The Hall–Kier alpha value is -3.45. The van der Waals surface area contributed by atoms with Gasteiger partial charge in [0.05, 0.1) is 13.2 Å². The van der Waals surface area contributed by atoms with Crippen LogP contribution in [0.4, 0.5) is 5.82 Å². The first-order valence-electron chi connectivity index (χ1n) is 15.6. The van der Waals surface area contributed by atoms with Crippen molar-refractivity contribution in [3.63, 3.8) is 0 Å². The minimum Gasteiger partial charge on any atom is -0.387 e. The molecule has 44 heavy (non-hydrogen) atoms. The predicted molar refractivity (Wildman–Crippen MR) is 168 cm³/mol. The van der Waals surface area contributed by atoms with Gasteiger partial charge in [0.1, 0.15) is 41.6 Å². The van der Waals surface area contributed by atoms with Crippen LogP contribution in [-0.4, -0.2) is 99.8 Å². The fourth-order valence-electron chi connectivity index (χ4n) is 6.20. The van der Waals surface area contributed by atoms with E-state index in [4.69, 9.17) is 24.4 Å². The highest BCUT2D eigenvalue weighted by atomic mass is 16.6. The molecule has 0 bridgehead atoms. The van der Waals surface area contributed by atoms with Gasteiger partial charge in [-0.05, 0) is 37.1 Å². The van der Waals surface area contributed by atoms with Crippen LogP contribution in [0, 0.1) is 0 Å². The Kier molecular flexibility index (Phi) is 10.1. The monoisotopic (exact) mass is 601 g/mol. The first-order chi connectivity index (χ1) is 21.6. The van der Waals surface area contributed by atoms with Crippen molar-refractivity contribution in [3.8, 4) is 0 Å². The van der Waals surface area contributed by atoms with Gasteiger partial charge >= 0.3 is 0 Å². The van der Waals surface area contributed by atoms with Crippen molar-refractivity contribution in [1.29, 1.82) is 0 Å². The molecule has 0 saturated carbocycles. The molecule has 11 heteroatoms. The summed E-state index contributed by atoms with van der Waals surface area (Å²) in [6.07, 6.45) is 0.112. The summed E-state index contributed by atoms with van der Waals surface area (Å²) in [6.45, 7) is 5.42. The summed E-state index contributed by atoms with van der Waals surface area (Å²) in [5.74, 6) is 1.72. The first kappa shape index (κ1) is 30.6. The Labute approximate surface area is 258 Å². The number of aromatic amines is 1. The minimum atomic E-state index is -1.16. The second-order valence-corrected chi connectivity index (χ2v) is 11.7. The van der Waals surface area contributed by atoms with E-state index in [-0.39, 0.29) is 12.5 Å². The number of hydrogen-bond acceptors (Lipinski definition) is 10. The Morgan fingerprint density at radius 2 is 1.66 bits per heavy atom. The molecule has 0 aliphatic carbocycles. The number of anilines is 1. The lowest BCUT2D eigenvalue weighted by Gasteiger charge is -2.26. The van der Waals surface area contributed by atoms with E-state index < -0.39 is 24.4 Å². The van der Waals surface area contributed by atoms with Gasteiger partial charge in [0.2, 0.25) is 0 Å². The second kappa shape index (κ2) is 14.6. The van der Waals surface area contributed by atoms with Crippen LogP contribution in [0.2, 0.25) is 0 Å². The van der Waals surface area contributed by atoms with Crippen LogP contribution in [0.3, 0.4) is 0 Å². The lowest BCUT2D eigenvalue weighted by Crippen LogP contribution is -2.35. The van der Waals surface area contributed by atoms with Gasteiger partial charge in [0.25, 0.3) is 0 Å². The van der Waals surface area contributed by atoms with Crippen molar-refractivity contribution < 1.29 is 19.7 Å². The molecule has 2 saturated heterocycles. The zero-order chi connectivity index (χ0) is 30.3. The third kappa shape index (κ3) is 7.09. The molecule has 6 rings (SSSR count). The standard InChI is InChI=1S/C33H43N7O4/c1-43-21-25-28(41)29(42)30(44-25)33-38-27-31(35-19-24(22-11-5-2-6-12-22)23-13-7-3-8-14-23)36-26(37-32(27)39-33)20-34-15-18-40-16-9-4-10-17-40/h2-3,5-8,11-14,24-25,28-30,34,41-42H,4,9-10,15-21H2,1H3,(H2,35,36,37,38,39)/t25-,28-,29-,30+/m1/s1. The van der Waals surface area contributed by atoms with Crippen LogP contribution in [0.1, 0.15) is 54.1 Å². The number of rotatable bonds is 13. The molecule has 2 aliphatic rings. The first-order valence-corrected chi connectivity index (χ1v) is 15.6. The molecule has 234 valence electrons. The van der Waals surface area contributed by atoms with Crippen LogP contribution >= 0.6 is 0 Å². The number of aliphatic hydroxyl groups excluding tert-OH is 2. The fraction of sp³-hybridized carbons (Fsp3) is 0.485. The highest BCUT2D eigenvalue weighted by molar-refractivity contribution is 5.83. The number of aliphatic hydroxyl groups is 2. The lowest BCUT2D eigenvalue weighted by atomic mass is 9.91. The van der Waals surface area contributed by atoms with Crippen LogP contribution in [-0.2, 0) is 16.0 Å². The zero-order valence-electron chi connectivity index (χ0n) is 25.2. The Morgan fingerprint density at radius 3 is 2.34 bits per heavy atom. The number of imidazole rings is 1. The number of benzene rings is 2. The summed E-state index contributed by atoms with van der Waals surface area (Å²) in [7, 11) is 1.53. The van der Waals surface area contributed by atoms with Crippen molar-refractivity contribution >= 4 is 17.0 Å². The average molecular weight is 602 g/mol. The van der Waals surface area contributed by atoms with E-state index in [1.165, 1.54) is 37.5 Å². The number of hydrogen-bond donors (Lipinski definition) is 5. The average Bonchev–Trinajstić information content (AvgIpc) is 3.61. The van der Waals surface area contributed by atoms with E-state index >= 15 is 0 Å². The number of nitrogens with zero attached hydrogens (tertiary/aromatic N) is 4. The van der Waals surface area contributed by atoms with Gasteiger partial charge in [-0.15, -0.1) is 0 Å². The summed E-state index contributed by atoms with van der Waals surface area (Å²) >= 11 is 0. The molecule has 11 nitrogen and oxygen atoms in total. The van der Waals surface area contributed by atoms with Crippen molar-refractivity contribution in [2.75, 3.05) is 51.8 Å². The molecule has 5 N–H and O–H groups in total. The van der Waals surface area contributed by atoms with Crippen molar-refractivity contribution in [2.45, 2.75) is 56.1 Å². The van der Waals surface area contributed by atoms with E-state index in [1.807, 2.05) is 12.1 Å².